The molecule has 4 rings (SSSR count). The van der Waals surface area contributed by atoms with Gasteiger partial charge >= 0.3 is 0 Å². The molecule has 9 nitrogen and oxygen atoms in total. The average Bonchev–Trinajstić information content (AvgIpc) is 3.09. The van der Waals surface area contributed by atoms with Gasteiger partial charge in [0.1, 0.15) is 18.4 Å². The molecule has 0 heterocycles. The molecule has 0 saturated heterocycles. The SMILES string of the molecule is CCC(C)NC(=O)C(Cc1ccccc1)N(Cc1ccc(Br)cc1)C(=O)CN(c1ccc(F)cc1)S(=O)(=O)c1ccc(OC)c(OC)c1. The van der Waals surface area contributed by atoms with E-state index in [0.717, 1.165) is 32.0 Å². The highest BCUT2D eigenvalue weighted by atomic mass is 79.9. The molecule has 48 heavy (non-hydrogen) atoms. The van der Waals surface area contributed by atoms with Crippen LogP contribution in [0, 0.1) is 5.82 Å². The summed E-state index contributed by atoms with van der Waals surface area (Å²) in [4.78, 5) is 29.7. The minimum Gasteiger partial charge on any atom is -0.493 e. The monoisotopic (exact) mass is 739 g/mol. The molecule has 2 atom stereocenters. The average molecular weight is 741 g/mol. The van der Waals surface area contributed by atoms with Crippen molar-refractivity contribution in [2.45, 2.75) is 50.2 Å². The van der Waals surface area contributed by atoms with Crippen molar-refractivity contribution in [3.8, 4) is 11.5 Å². The highest BCUT2D eigenvalue weighted by Crippen LogP contribution is 2.32. The highest BCUT2D eigenvalue weighted by molar-refractivity contribution is 9.10. The predicted octanol–water partition coefficient (Wildman–Crippen LogP) is 6.36. The number of halogens is 2. The van der Waals surface area contributed by atoms with Gasteiger partial charge in [-0.3, -0.25) is 13.9 Å². The van der Waals surface area contributed by atoms with E-state index in [1.165, 1.54) is 49.5 Å². The van der Waals surface area contributed by atoms with Gasteiger partial charge in [-0.05, 0) is 73.0 Å². The van der Waals surface area contributed by atoms with E-state index in [0.29, 0.717) is 12.2 Å². The molecule has 0 aromatic heterocycles. The van der Waals surface area contributed by atoms with E-state index in [9.17, 15) is 22.4 Å². The van der Waals surface area contributed by atoms with Crippen LogP contribution in [0.25, 0.3) is 0 Å². The van der Waals surface area contributed by atoms with Gasteiger partial charge in [-0.15, -0.1) is 0 Å². The Labute approximate surface area is 289 Å². The Kier molecular flexibility index (Phi) is 12.6. The van der Waals surface area contributed by atoms with Crippen molar-refractivity contribution in [3.05, 3.63) is 118 Å². The zero-order valence-corrected chi connectivity index (χ0v) is 29.6. The van der Waals surface area contributed by atoms with Crippen LogP contribution in [0.5, 0.6) is 11.5 Å². The lowest BCUT2D eigenvalue weighted by molar-refractivity contribution is -0.140. The first-order chi connectivity index (χ1) is 23.0. The van der Waals surface area contributed by atoms with E-state index in [4.69, 9.17) is 9.47 Å². The molecule has 0 fully saturated rings. The molecule has 0 aliphatic carbocycles. The maximum absolute atomic E-state index is 14.6. The van der Waals surface area contributed by atoms with Crippen molar-refractivity contribution in [1.29, 1.82) is 0 Å². The first-order valence-corrected chi connectivity index (χ1v) is 17.6. The highest BCUT2D eigenvalue weighted by Gasteiger charge is 2.35. The fraction of sp³-hybridized carbons (Fsp3) is 0.278. The van der Waals surface area contributed by atoms with Crippen molar-refractivity contribution in [3.63, 3.8) is 0 Å². The topological polar surface area (TPSA) is 105 Å². The van der Waals surface area contributed by atoms with Gasteiger partial charge < -0.3 is 19.7 Å². The lowest BCUT2D eigenvalue weighted by Gasteiger charge is -2.34. The van der Waals surface area contributed by atoms with E-state index in [2.05, 4.69) is 21.2 Å². The summed E-state index contributed by atoms with van der Waals surface area (Å²) in [7, 11) is -1.63. The van der Waals surface area contributed by atoms with Crippen molar-refractivity contribution in [2.75, 3.05) is 25.1 Å². The Morgan fingerprint density at radius 2 is 1.52 bits per heavy atom. The Morgan fingerprint density at radius 1 is 0.875 bits per heavy atom. The first-order valence-electron chi connectivity index (χ1n) is 15.3. The maximum atomic E-state index is 14.6. The molecule has 4 aromatic rings. The Hall–Kier alpha value is -4.42. The smallest absolute Gasteiger partial charge is 0.264 e. The van der Waals surface area contributed by atoms with E-state index >= 15 is 0 Å². The second kappa shape index (κ2) is 16.6. The number of sulfonamides is 1. The number of anilines is 1. The minimum atomic E-state index is -4.44. The number of rotatable bonds is 15. The fourth-order valence-corrected chi connectivity index (χ4v) is 6.72. The van der Waals surface area contributed by atoms with Gasteiger partial charge in [-0.25, -0.2) is 12.8 Å². The zero-order valence-electron chi connectivity index (χ0n) is 27.2. The number of amides is 2. The second-order valence-electron chi connectivity index (χ2n) is 11.2. The number of carbonyl (C=O) groups excluding carboxylic acids is 2. The molecule has 254 valence electrons. The number of ether oxygens (including phenoxy) is 2. The van der Waals surface area contributed by atoms with Gasteiger partial charge in [0.2, 0.25) is 11.8 Å². The number of hydrogen-bond acceptors (Lipinski definition) is 6. The minimum absolute atomic E-state index is 0.0191. The Balaban J connectivity index is 1.82. The quantitative estimate of drug-likeness (QED) is 0.152. The lowest BCUT2D eigenvalue weighted by Crippen LogP contribution is -2.54. The van der Waals surface area contributed by atoms with Gasteiger partial charge in [-0.2, -0.15) is 0 Å². The second-order valence-corrected chi connectivity index (χ2v) is 14.0. The van der Waals surface area contributed by atoms with Crippen LogP contribution in [-0.4, -0.2) is 58.0 Å². The summed E-state index contributed by atoms with van der Waals surface area (Å²) < 4.78 is 55.0. The lowest BCUT2D eigenvalue weighted by atomic mass is 10.0. The van der Waals surface area contributed by atoms with Crippen LogP contribution < -0.4 is 19.1 Å². The third kappa shape index (κ3) is 9.13. The molecule has 0 saturated carbocycles. The van der Waals surface area contributed by atoms with Crippen LogP contribution >= 0.6 is 15.9 Å². The van der Waals surface area contributed by atoms with E-state index in [-0.39, 0.29) is 41.2 Å². The largest absolute Gasteiger partial charge is 0.493 e. The summed E-state index contributed by atoms with van der Waals surface area (Å²) >= 11 is 3.44. The molecule has 0 spiro atoms. The van der Waals surface area contributed by atoms with Gasteiger partial charge in [0, 0.05) is 29.5 Å². The number of hydrogen-bond donors (Lipinski definition) is 1. The molecule has 0 aliphatic rings. The van der Waals surface area contributed by atoms with Crippen molar-refractivity contribution in [1.82, 2.24) is 10.2 Å². The van der Waals surface area contributed by atoms with Gasteiger partial charge in [0.05, 0.1) is 24.8 Å². The van der Waals surface area contributed by atoms with Crippen molar-refractivity contribution >= 4 is 43.5 Å². The molecule has 4 aromatic carbocycles. The van der Waals surface area contributed by atoms with E-state index < -0.39 is 34.3 Å². The standard InChI is InChI=1S/C36H39BrFN3O6S/c1-5-25(2)39-36(43)32(21-26-9-7-6-8-10-26)40(23-27-11-13-28(37)14-12-27)35(42)24-41(30-17-15-29(38)16-18-30)48(44,45)31-19-20-33(46-3)34(22-31)47-4/h6-20,22,25,32H,5,21,23-24H2,1-4H3,(H,39,43). The van der Waals surface area contributed by atoms with Crippen LogP contribution in [0.1, 0.15) is 31.4 Å². The number of nitrogens with zero attached hydrogens (tertiary/aromatic N) is 2. The third-order valence-electron chi connectivity index (χ3n) is 7.87. The maximum Gasteiger partial charge on any atom is 0.264 e. The Bertz CT molecular complexity index is 1790. The summed E-state index contributed by atoms with van der Waals surface area (Å²) in [5.41, 5.74) is 1.62. The van der Waals surface area contributed by atoms with Crippen LogP contribution in [0.3, 0.4) is 0 Å². The van der Waals surface area contributed by atoms with Crippen LogP contribution in [0.15, 0.2) is 106 Å². The molecule has 1 N–H and O–H groups in total. The first kappa shape index (κ1) is 36.4. The van der Waals surface area contributed by atoms with Gasteiger partial charge in [0.15, 0.2) is 11.5 Å². The normalized spacial score (nSPS) is 12.5. The number of nitrogens with one attached hydrogen (secondary N) is 1. The molecule has 0 radical (unpaired) electrons. The van der Waals surface area contributed by atoms with Crippen LogP contribution in [0.4, 0.5) is 10.1 Å². The molecule has 12 heteroatoms. The molecule has 0 bridgehead atoms. The molecule has 0 aliphatic heterocycles. The summed E-state index contributed by atoms with van der Waals surface area (Å²) in [5.74, 6) is -1.08. The van der Waals surface area contributed by atoms with Gasteiger partial charge in [0.25, 0.3) is 10.0 Å². The van der Waals surface area contributed by atoms with E-state index in [1.807, 2.05) is 68.4 Å². The van der Waals surface area contributed by atoms with Crippen LogP contribution in [0.2, 0.25) is 0 Å². The Morgan fingerprint density at radius 3 is 2.12 bits per heavy atom. The van der Waals surface area contributed by atoms with Crippen molar-refractivity contribution < 1.29 is 31.9 Å². The summed E-state index contributed by atoms with van der Waals surface area (Å²) in [6.07, 6.45) is 0.858. The van der Waals surface area contributed by atoms with Crippen molar-refractivity contribution in [2.24, 2.45) is 0 Å². The van der Waals surface area contributed by atoms with Crippen LogP contribution in [-0.2, 0) is 32.6 Å². The molecular weight excluding hydrogens is 701 g/mol. The molecule has 2 unspecified atom stereocenters. The number of methoxy groups -OCH3 is 2. The number of carbonyl (C=O) groups is 2. The summed E-state index contributed by atoms with van der Waals surface area (Å²) in [5, 5.41) is 3.01. The summed E-state index contributed by atoms with van der Waals surface area (Å²) in [6, 6.07) is 24.4. The molecular formula is C36H39BrFN3O6S. The summed E-state index contributed by atoms with van der Waals surface area (Å²) in [6.45, 7) is 3.16. The van der Waals surface area contributed by atoms with Gasteiger partial charge in [-0.1, -0.05) is 65.3 Å². The zero-order chi connectivity index (χ0) is 34.8. The fourth-order valence-electron chi connectivity index (χ4n) is 5.02. The third-order valence-corrected chi connectivity index (χ3v) is 10.2. The van der Waals surface area contributed by atoms with E-state index in [1.54, 1.807) is 0 Å². The predicted molar refractivity (Wildman–Crippen MR) is 187 cm³/mol. The molecule has 2 amide bonds. The number of benzene rings is 4.